The lowest BCUT2D eigenvalue weighted by molar-refractivity contribution is 0.140. The Balaban J connectivity index is 1.89. The zero-order valence-electron chi connectivity index (χ0n) is 10.2. The summed E-state index contributed by atoms with van der Waals surface area (Å²) in [5.74, 6) is 1.43. The first-order valence-corrected chi connectivity index (χ1v) is 6.29. The van der Waals surface area contributed by atoms with Crippen LogP contribution in [0, 0.1) is 0 Å². The van der Waals surface area contributed by atoms with E-state index in [1.54, 1.807) is 0 Å². The van der Waals surface area contributed by atoms with Crippen molar-refractivity contribution in [1.29, 1.82) is 0 Å². The Morgan fingerprint density at radius 2 is 2.11 bits per heavy atom. The summed E-state index contributed by atoms with van der Waals surface area (Å²) < 4.78 is 24.3. The van der Waals surface area contributed by atoms with Gasteiger partial charge in [-0.05, 0) is 6.07 Å². The predicted molar refractivity (Wildman–Crippen MR) is 65.7 cm³/mol. The van der Waals surface area contributed by atoms with Crippen molar-refractivity contribution in [3.8, 4) is 11.5 Å². The Morgan fingerprint density at radius 1 is 1.28 bits per heavy atom. The van der Waals surface area contributed by atoms with Crippen LogP contribution in [0.5, 0.6) is 11.5 Å². The Hall–Kier alpha value is -1.33. The summed E-state index contributed by atoms with van der Waals surface area (Å²) in [6.07, 6.45) is 0. The third kappa shape index (κ3) is 2.04. The second-order valence-electron chi connectivity index (χ2n) is 4.54. The largest absolute Gasteiger partial charge is 0.454 e. The molecule has 0 saturated carbocycles. The third-order valence-corrected chi connectivity index (χ3v) is 3.52. The van der Waals surface area contributed by atoms with Gasteiger partial charge in [0, 0.05) is 31.7 Å². The zero-order chi connectivity index (χ0) is 12.4. The number of piperazine rings is 1. The van der Waals surface area contributed by atoms with Crippen molar-refractivity contribution >= 4 is 0 Å². The van der Waals surface area contributed by atoms with Crippen molar-refractivity contribution in [3.63, 3.8) is 0 Å². The first kappa shape index (κ1) is 11.7. The second kappa shape index (κ2) is 5.12. The van der Waals surface area contributed by atoms with Crippen molar-refractivity contribution in [3.05, 3.63) is 23.8 Å². The number of alkyl halides is 1. The normalized spacial score (nSPS) is 20.9. The molecular weight excluding hydrogens is 235 g/mol. The second-order valence-corrected chi connectivity index (χ2v) is 4.54. The van der Waals surface area contributed by atoms with Crippen LogP contribution in [0.4, 0.5) is 4.39 Å². The van der Waals surface area contributed by atoms with Crippen molar-refractivity contribution in [1.82, 2.24) is 10.2 Å². The third-order valence-electron chi connectivity index (χ3n) is 3.52. The highest BCUT2D eigenvalue weighted by molar-refractivity contribution is 5.49. The summed E-state index contributed by atoms with van der Waals surface area (Å²) in [5, 5.41) is 3.28. The van der Waals surface area contributed by atoms with Crippen molar-refractivity contribution in [2.45, 2.75) is 6.04 Å². The Morgan fingerprint density at radius 3 is 2.89 bits per heavy atom. The van der Waals surface area contributed by atoms with Crippen LogP contribution < -0.4 is 14.8 Å². The fourth-order valence-corrected chi connectivity index (χ4v) is 2.59. The molecule has 0 spiro atoms. The monoisotopic (exact) mass is 252 g/mol. The number of fused-ring (bicyclic) bond motifs is 1. The lowest BCUT2D eigenvalue weighted by Gasteiger charge is -2.33. The number of hydrogen-bond acceptors (Lipinski definition) is 4. The molecule has 1 fully saturated rings. The van der Waals surface area contributed by atoms with Gasteiger partial charge in [-0.25, -0.2) is 4.39 Å². The van der Waals surface area contributed by atoms with Crippen molar-refractivity contribution in [2.75, 3.05) is 39.6 Å². The van der Waals surface area contributed by atoms with E-state index in [0.717, 1.165) is 37.5 Å². The van der Waals surface area contributed by atoms with Gasteiger partial charge < -0.3 is 14.8 Å². The summed E-state index contributed by atoms with van der Waals surface area (Å²) >= 11 is 0. The van der Waals surface area contributed by atoms with E-state index in [4.69, 9.17) is 9.47 Å². The van der Waals surface area contributed by atoms with Gasteiger partial charge in [-0.2, -0.15) is 0 Å². The molecule has 2 aliphatic rings. The lowest BCUT2D eigenvalue weighted by Crippen LogP contribution is -2.45. The van der Waals surface area contributed by atoms with Gasteiger partial charge in [0.25, 0.3) is 0 Å². The molecule has 5 heteroatoms. The van der Waals surface area contributed by atoms with E-state index < -0.39 is 6.67 Å². The molecule has 1 saturated heterocycles. The van der Waals surface area contributed by atoms with Gasteiger partial charge in [0.1, 0.15) is 6.67 Å². The van der Waals surface area contributed by atoms with E-state index in [1.165, 1.54) is 0 Å². The number of hydrogen-bond donors (Lipinski definition) is 1. The molecule has 2 aliphatic heterocycles. The number of nitrogens with one attached hydrogen (secondary N) is 1. The van der Waals surface area contributed by atoms with Crippen LogP contribution in [0.2, 0.25) is 0 Å². The Bertz CT molecular complexity index is 421. The van der Waals surface area contributed by atoms with Gasteiger partial charge in [-0.3, -0.25) is 4.90 Å². The smallest absolute Gasteiger partial charge is 0.231 e. The highest BCUT2D eigenvalue weighted by Crippen LogP contribution is 2.40. The maximum Gasteiger partial charge on any atom is 0.231 e. The Labute approximate surface area is 106 Å². The molecule has 3 rings (SSSR count). The summed E-state index contributed by atoms with van der Waals surface area (Å²) in [6.45, 7) is 3.36. The average molecular weight is 252 g/mol. The van der Waals surface area contributed by atoms with Gasteiger partial charge in [0.2, 0.25) is 6.79 Å². The fourth-order valence-electron chi connectivity index (χ4n) is 2.59. The van der Waals surface area contributed by atoms with Crippen LogP contribution in [0.25, 0.3) is 0 Å². The Kier molecular flexibility index (Phi) is 3.34. The summed E-state index contributed by atoms with van der Waals surface area (Å²) in [6, 6.07) is 5.45. The van der Waals surface area contributed by atoms with E-state index in [0.29, 0.717) is 5.75 Å². The summed E-state index contributed by atoms with van der Waals surface area (Å²) in [7, 11) is 0. The van der Waals surface area contributed by atoms with Gasteiger partial charge in [-0.15, -0.1) is 0 Å². The summed E-state index contributed by atoms with van der Waals surface area (Å²) in [5.41, 5.74) is 0.898. The van der Waals surface area contributed by atoms with Gasteiger partial charge >= 0.3 is 0 Å². The highest BCUT2D eigenvalue weighted by Gasteiger charge is 2.28. The molecule has 0 bridgehead atoms. The van der Waals surface area contributed by atoms with Crippen LogP contribution in [-0.4, -0.2) is 44.5 Å². The molecule has 18 heavy (non-hydrogen) atoms. The molecule has 2 heterocycles. The van der Waals surface area contributed by atoms with Crippen LogP contribution in [-0.2, 0) is 0 Å². The zero-order valence-corrected chi connectivity index (χ0v) is 10.2. The molecule has 1 N–H and O–H groups in total. The van der Waals surface area contributed by atoms with E-state index in [2.05, 4.69) is 10.2 Å². The minimum atomic E-state index is -0.403. The van der Waals surface area contributed by atoms with Crippen LogP contribution >= 0.6 is 0 Å². The molecule has 4 nitrogen and oxygen atoms in total. The molecule has 0 amide bonds. The van der Waals surface area contributed by atoms with Gasteiger partial charge in [0.15, 0.2) is 11.5 Å². The quantitative estimate of drug-likeness (QED) is 0.880. The maximum absolute atomic E-state index is 13.4. The molecule has 0 unspecified atom stereocenters. The van der Waals surface area contributed by atoms with Crippen LogP contribution in [0.15, 0.2) is 18.2 Å². The minimum absolute atomic E-state index is 0.229. The fraction of sp³-hybridized carbons (Fsp3) is 0.538. The van der Waals surface area contributed by atoms with Crippen LogP contribution in [0.1, 0.15) is 11.6 Å². The SMILES string of the molecule is FC[C@@H](c1cccc2c1OCO2)N1CCNCC1. The van der Waals surface area contributed by atoms with E-state index in [1.807, 2.05) is 18.2 Å². The molecule has 0 aromatic heterocycles. The van der Waals surface area contributed by atoms with Crippen LogP contribution in [0.3, 0.4) is 0 Å². The highest BCUT2D eigenvalue weighted by atomic mass is 19.1. The maximum atomic E-state index is 13.4. The standard InChI is InChI=1S/C13H17FN2O2/c14-8-11(16-6-4-15-5-7-16)10-2-1-3-12-13(10)18-9-17-12/h1-3,11,15H,4-9H2/t11-/m0/s1. The molecule has 0 radical (unpaired) electrons. The van der Waals surface area contributed by atoms with E-state index >= 15 is 0 Å². The topological polar surface area (TPSA) is 33.7 Å². The number of ether oxygens (including phenoxy) is 2. The minimum Gasteiger partial charge on any atom is -0.454 e. The number of para-hydroxylation sites is 1. The molecular formula is C13H17FN2O2. The average Bonchev–Trinajstić information content (AvgIpc) is 2.90. The molecule has 1 atom stereocenters. The van der Waals surface area contributed by atoms with E-state index in [9.17, 15) is 4.39 Å². The first-order valence-electron chi connectivity index (χ1n) is 6.29. The number of rotatable bonds is 3. The molecule has 1 aromatic carbocycles. The number of halogens is 1. The molecule has 0 aliphatic carbocycles. The molecule has 1 aromatic rings. The van der Waals surface area contributed by atoms with Gasteiger partial charge in [-0.1, -0.05) is 12.1 Å². The van der Waals surface area contributed by atoms with Crippen molar-refractivity contribution < 1.29 is 13.9 Å². The lowest BCUT2D eigenvalue weighted by atomic mass is 10.0. The van der Waals surface area contributed by atoms with E-state index in [-0.39, 0.29) is 12.8 Å². The van der Waals surface area contributed by atoms with Crippen molar-refractivity contribution in [2.24, 2.45) is 0 Å². The number of benzene rings is 1. The van der Waals surface area contributed by atoms with Gasteiger partial charge in [0.05, 0.1) is 6.04 Å². The number of nitrogens with zero attached hydrogens (tertiary/aromatic N) is 1. The first-order chi connectivity index (χ1) is 8.90. The predicted octanol–water partition coefficient (Wildman–Crippen LogP) is 1.33. The molecule has 98 valence electrons. The summed E-state index contributed by atoms with van der Waals surface area (Å²) in [4.78, 5) is 2.16.